The standard InChI is InChI=1S/C12H21N3O4/c1-8-3-4-9(2)15(5-8)12(19)14(6-10(13)16)7-11(17)18/h8-9H,3-7H2,1-2H3,(H2,13,16)(H,17,18). The first-order valence-electron chi connectivity index (χ1n) is 6.37. The van der Waals surface area contributed by atoms with E-state index >= 15 is 0 Å². The van der Waals surface area contributed by atoms with Crippen LogP contribution in [0.2, 0.25) is 0 Å². The van der Waals surface area contributed by atoms with Gasteiger partial charge in [-0.2, -0.15) is 0 Å². The van der Waals surface area contributed by atoms with Gasteiger partial charge in [0.15, 0.2) is 0 Å². The van der Waals surface area contributed by atoms with Gasteiger partial charge in [-0.05, 0) is 25.7 Å². The molecule has 1 aliphatic heterocycles. The number of piperidine rings is 1. The summed E-state index contributed by atoms with van der Waals surface area (Å²) < 4.78 is 0. The van der Waals surface area contributed by atoms with Gasteiger partial charge in [-0.15, -0.1) is 0 Å². The topological polar surface area (TPSA) is 104 Å². The van der Waals surface area contributed by atoms with Crippen molar-refractivity contribution in [2.45, 2.75) is 32.7 Å². The highest BCUT2D eigenvalue weighted by atomic mass is 16.4. The number of rotatable bonds is 4. The predicted molar refractivity (Wildman–Crippen MR) is 68.4 cm³/mol. The van der Waals surface area contributed by atoms with E-state index in [-0.39, 0.29) is 12.6 Å². The van der Waals surface area contributed by atoms with Crippen LogP contribution in [0.3, 0.4) is 0 Å². The average molecular weight is 271 g/mol. The molecule has 0 aromatic rings. The van der Waals surface area contributed by atoms with Crippen molar-refractivity contribution in [2.24, 2.45) is 11.7 Å². The third-order valence-corrected chi connectivity index (χ3v) is 3.31. The van der Waals surface area contributed by atoms with E-state index in [1.54, 1.807) is 4.90 Å². The van der Waals surface area contributed by atoms with Crippen molar-refractivity contribution in [3.63, 3.8) is 0 Å². The van der Waals surface area contributed by atoms with E-state index in [0.29, 0.717) is 12.5 Å². The molecule has 19 heavy (non-hydrogen) atoms. The monoisotopic (exact) mass is 271 g/mol. The molecule has 108 valence electrons. The van der Waals surface area contributed by atoms with Crippen LogP contribution in [0.5, 0.6) is 0 Å². The molecule has 0 bridgehead atoms. The number of carbonyl (C=O) groups is 3. The summed E-state index contributed by atoms with van der Waals surface area (Å²) in [6.07, 6.45) is 1.92. The molecule has 0 spiro atoms. The second-order valence-corrected chi connectivity index (χ2v) is 5.18. The molecule has 0 aromatic carbocycles. The Morgan fingerprint density at radius 3 is 2.42 bits per heavy atom. The van der Waals surface area contributed by atoms with Gasteiger partial charge >= 0.3 is 12.0 Å². The predicted octanol–water partition coefficient (Wildman–Crippen LogP) is 0.0987. The average Bonchev–Trinajstić information content (AvgIpc) is 2.29. The number of nitrogens with zero attached hydrogens (tertiary/aromatic N) is 2. The number of primary amides is 1. The molecule has 0 aliphatic carbocycles. The Bertz CT molecular complexity index is 356. The summed E-state index contributed by atoms with van der Waals surface area (Å²) in [5.74, 6) is -1.50. The van der Waals surface area contributed by atoms with Crippen LogP contribution in [0.25, 0.3) is 0 Å². The van der Waals surface area contributed by atoms with Gasteiger partial charge in [0.25, 0.3) is 0 Å². The minimum atomic E-state index is -1.16. The van der Waals surface area contributed by atoms with Crippen LogP contribution in [-0.4, -0.2) is 58.5 Å². The van der Waals surface area contributed by atoms with Crippen LogP contribution in [0.4, 0.5) is 4.79 Å². The number of amides is 3. The Hall–Kier alpha value is -1.79. The zero-order chi connectivity index (χ0) is 14.6. The molecule has 1 rings (SSSR count). The molecule has 7 nitrogen and oxygen atoms in total. The molecule has 0 aromatic heterocycles. The Morgan fingerprint density at radius 1 is 1.26 bits per heavy atom. The Morgan fingerprint density at radius 2 is 1.89 bits per heavy atom. The van der Waals surface area contributed by atoms with Gasteiger partial charge in [0, 0.05) is 12.6 Å². The summed E-state index contributed by atoms with van der Waals surface area (Å²) in [5.41, 5.74) is 5.05. The first-order valence-corrected chi connectivity index (χ1v) is 6.37. The van der Waals surface area contributed by atoms with E-state index in [9.17, 15) is 14.4 Å². The number of likely N-dealkylation sites (tertiary alicyclic amines) is 1. The van der Waals surface area contributed by atoms with Crippen molar-refractivity contribution < 1.29 is 19.5 Å². The molecular weight excluding hydrogens is 250 g/mol. The molecule has 0 radical (unpaired) electrons. The maximum atomic E-state index is 12.3. The highest BCUT2D eigenvalue weighted by molar-refractivity contribution is 5.86. The van der Waals surface area contributed by atoms with Gasteiger partial charge in [0.1, 0.15) is 13.1 Å². The van der Waals surface area contributed by atoms with Gasteiger partial charge < -0.3 is 20.6 Å². The molecule has 3 N–H and O–H groups in total. The van der Waals surface area contributed by atoms with E-state index in [4.69, 9.17) is 10.8 Å². The summed E-state index contributed by atoms with van der Waals surface area (Å²) in [6, 6.07) is -0.381. The number of hydrogen-bond acceptors (Lipinski definition) is 3. The van der Waals surface area contributed by atoms with Crippen molar-refractivity contribution in [2.75, 3.05) is 19.6 Å². The number of hydrogen-bond donors (Lipinski definition) is 2. The second-order valence-electron chi connectivity index (χ2n) is 5.18. The van der Waals surface area contributed by atoms with Crippen molar-refractivity contribution in [1.29, 1.82) is 0 Å². The van der Waals surface area contributed by atoms with E-state index in [0.717, 1.165) is 17.7 Å². The Kier molecular flexibility index (Phi) is 5.14. The summed E-state index contributed by atoms with van der Waals surface area (Å²) in [7, 11) is 0. The fraction of sp³-hybridized carbons (Fsp3) is 0.750. The van der Waals surface area contributed by atoms with Gasteiger partial charge in [0.2, 0.25) is 5.91 Å². The van der Waals surface area contributed by atoms with Crippen molar-refractivity contribution in [1.82, 2.24) is 9.80 Å². The number of carboxylic acid groups (broad SMARTS) is 1. The lowest BCUT2D eigenvalue weighted by molar-refractivity contribution is -0.138. The van der Waals surface area contributed by atoms with E-state index < -0.39 is 24.5 Å². The summed E-state index contributed by atoms with van der Waals surface area (Å²) in [6.45, 7) is 3.66. The largest absolute Gasteiger partial charge is 0.480 e. The van der Waals surface area contributed by atoms with Gasteiger partial charge in [-0.3, -0.25) is 9.59 Å². The number of aliphatic carboxylic acids is 1. The zero-order valence-corrected chi connectivity index (χ0v) is 11.3. The molecule has 1 heterocycles. The van der Waals surface area contributed by atoms with Crippen LogP contribution < -0.4 is 5.73 Å². The fourth-order valence-corrected chi connectivity index (χ4v) is 2.28. The number of urea groups is 1. The smallest absolute Gasteiger partial charge is 0.323 e. The third-order valence-electron chi connectivity index (χ3n) is 3.31. The molecular formula is C12H21N3O4. The van der Waals surface area contributed by atoms with E-state index in [1.165, 1.54) is 0 Å². The quantitative estimate of drug-likeness (QED) is 0.756. The van der Waals surface area contributed by atoms with E-state index in [2.05, 4.69) is 0 Å². The van der Waals surface area contributed by atoms with Crippen LogP contribution in [0, 0.1) is 5.92 Å². The Balaban J connectivity index is 2.78. The maximum absolute atomic E-state index is 12.3. The van der Waals surface area contributed by atoms with Crippen LogP contribution in [0.1, 0.15) is 26.7 Å². The molecule has 1 saturated heterocycles. The molecule has 2 unspecified atom stereocenters. The second kappa shape index (κ2) is 6.40. The van der Waals surface area contributed by atoms with Gasteiger partial charge in [-0.1, -0.05) is 6.92 Å². The molecule has 1 fully saturated rings. The maximum Gasteiger partial charge on any atom is 0.323 e. The molecule has 3 amide bonds. The lowest BCUT2D eigenvalue weighted by atomic mass is 9.95. The fourth-order valence-electron chi connectivity index (χ4n) is 2.28. The first kappa shape index (κ1) is 15.3. The molecule has 0 saturated carbocycles. The summed E-state index contributed by atoms with van der Waals surface area (Å²) >= 11 is 0. The number of carboxylic acids is 1. The highest BCUT2D eigenvalue weighted by Gasteiger charge is 2.31. The molecule has 1 aliphatic rings. The lowest BCUT2D eigenvalue weighted by Crippen LogP contribution is -2.53. The lowest BCUT2D eigenvalue weighted by Gasteiger charge is -2.39. The first-order chi connectivity index (χ1) is 8.81. The van der Waals surface area contributed by atoms with Crippen LogP contribution in [0.15, 0.2) is 0 Å². The zero-order valence-electron chi connectivity index (χ0n) is 11.3. The number of carbonyl (C=O) groups excluding carboxylic acids is 2. The van der Waals surface area contributed by atoms with Gasteiger partial charge in [-0.25, -0.2) is 4.79 Å². The molecule has 7 heteroatoms. The molecule has 2 atom stereocenters. The van der Waals surface area contributed by atoms with Gasteiger partial charge in [0.05, 0.1) is 0 Å². The minimum absolute atomic E-state index is 0.0490. The van der Waals surface area contributed by atoms with Crippen LogP contribution in [-0.2, 0) is 9.59 Å². The third kappa shape index (κ3) is 4.42. The normalized spacial score (nSPS) is 22.9. The highest BCUT2D eigenvalue weighted by Crippen LogP contribution is 2.22. The number of nitrogens with two attached hydrogens (primary N) is 1. The Labute approximate surface area is 112 Å². The summed E-state index contributed by atoms with van der Waals surface area (Å²) in [5, 5.41) is 8.80. The van der Waals surface area contributed by atoms with Crippen molar-refractivity contribution in [3.05, 3.63) is 0 Å². The SMILES string of the molecule is CC1CCC(C)N(C(=O)N(CC(N)=O)CC(=O)O)C1. The van der Waals surface area contributed by atoms with Crippen molar-refractivity contribution in [3.8, 4) is 0 Å². The van der Waals surface area contributed by atoms with Crippen LogP contribution >= 0.6 is 0 Å². The van der Waals surface area contributed by atoms with Crippen molar-refractivity contribution >= 4 is 17.9 Å². The summed E-state index contributed by atoms with van der Waals surface area (Å²) in [4.78, 5) is 36.6. The van der Waals surface area contributed by atoms with E-state index in [1.807, 2.05) is 13.8 Å². The minimum Gasteiger partial charge on any atom is -0.480 e.